The van der Waals surface area contributed by atoms with Gasteiger partial charge in [0.1, 0.15) is 0 Å². The van der Waals surface area contributed by atoms with E-state index in [2.05, 4.69) is 0 Å². The Balaban J connectivity index is 0.000000151. The molecular weight excluding hydrogens is 348 g/mol. The molecule has 26 heavy (non-hydrogen) atoms. The maximum atomic E-state index is 10.9. The third-order valence-corrected chi connectivity index (χ3v) is 5.39. The van der Waals surface area contributed by atoms with Crippen molar-refractivity contribution in [1.29, 1.82) is 0 Å². The monoisotopic (exact) mass is 370 g/mol. The molecule has 0 spiro atoms. The van der Waals surface area contributed by atoms with Gasteiger partial charge in [0.15, 0.2) is 0 Å². The molecule has 4 rings (SSSR count). The van der Waals surface area contributed by atoms with Crippen LogP contribution in [0, 0.1) is 0 Å². The van der Waals surface area contributed by atoms with Crippen molar-refractivity contribution in [3.63, 3.8) is 0 Å². The number of aromatic carboxylic acids is 1. The number of carbonyl (C=O) groups excluding carboxylic acids is 1. The molecule has 3 nitrogen and oxygen atoms in total. The van der Waals surface area contributed by atoms with Gasteiger partial charge in [0.2, 0.25) is 0 Å². The average molecular weight is 371 g/mol. The van der Waals surface area contributed by atoms with Gasteiger partial charge in [-0.05, 0) is 109 Å². The predicted molar refractivity (Wildman–Crippen MR) is 103 cm³/mol. The van der Waals surface area contributed by atoms with Crippen LogP contribution in [0.2, 0.25) is 0 Å². The molecular formula is C22H23ClO3. The van der Waals surface area contributed by atoms with Crippen LogP contribution in [0.1, 0.15) is 68.7 Å². The van der Waals surface area contributed by atoms with Crippen LogP contribution in [0.15, 0.2) is 36.4 Å². The summed E-state index contributed by atoms with van der Waals surface area (Å²) in [6.45, 7) is 0. The van der Waals surface area contributed by atoms with E-state index in [4.69, 9.17) is 16.7 Å². The lowest BCUT2D eigenvalue weighted by Crippen LogP contribution is -2.05. The lowest BCUT2D eigenvalue weighted by Gasteiger charge is -2.15. The summed E-state index contributed by atoms with van der Waals surface area (Å²) in [4.78, 5) is 21.6. The van der Waals surface area contributed by atoms with Gasteiger partial charge >= 0.3 is 5.97 Å². The second-order valence-corrected chi connectivity index (χ2v) is 7.30. The van der Waals surface area contributed by atoms with E-state index in [0.29, 0.717) is 11.1 Å². The molecule has 0 bridgehead atoms. The van der Waals surface area contributed by atoms with Gasteiger partial charge in [0.25, 0.3) is 5.24 Å². The number of carboxylic acids is 1. The van der Waals surface area contributed by atoms with Gasteiger partial charge < -0.3 is 5.11 Å². The molecule has 0 aliphatic heterocycles. The molecule has 0 aromatic heterocycles. The van der Waals surface area contributed by atoms with E-state index in [-0.39, 0.29) is 5.24 Å². The van der Waals surface area contributed by atoms with E-state index in [0.717, 1.165) is 25.7 Å². The summed E-state index contributed by atoms with van der Waals surface area (Å²) in [5, 5.41) is 8.43. The molecule has 2 aromatic rings. The largest absolute Gasteiger partial charge is 0.478 e. The highest BCUT2D eigenvalue weighted by molar-refractivity contribution is 6.67. The van der Waals surface area contributed by atoms with Crippen molar-refractivity contribution >= 4 is 22.8 Å². The SMILES string of the molecule is O=C(Cl)c1ccc2c(c1)CCCC2.O=C(O)c1ccc2c(c1)CCCC2. The van der Waals surface area contributed by atoms with Crippen molar-refractivity contribution in [2.45, 2.75) is 51.4 Å². The lowest BCUT2D eigenvalue weighted by atomic mass is 9.90. The van der Waals surface area contributed by atoms with Crippen molar-refractivity contribution in [1.82, 2.24) is 0 Å². The van der Waals surface area contributed by atoms with Crippen LogP contribution in [0.5, 0.6) is 0 Å². The number of hydrogen-bond acceptors (Lipinski definition) is 2. The smallest absolute Gasteiger partial charge is 0.335 e. The van der Waals surface area contributed by atoms with Crippen LogP contribution in [-0.2, 0) is 25.7 Å². The quantitative estimate of drug-likeness (QED) is 0.738. The lowest BCUT2D eigenvalue weighted by molar-refractivity contribution is 0.0696. The number of hydrogen-bond donors (Lipinski definition) is 1. The minimum atomic E-state index is -0.826. The van der Waals surface area contributed by atoms with Crippen LogP contribution in [0.25, 0.3) is 0 Å². The van der Waals surface area contributed by atoms with Crippen LogP contribution in [0.3, 0.4) is 0 Å². The highest BCUT2D eigenvalue weighted by Crippen LogP contribution is 2.23. The predicted octanol–water partition coefficient (Wildman–Crippen LogP) is 5.21. The summed E-state index contributed by atoms with van der Waals surface area (Å²) < 4.78 is 0. The zero-order chi connectivity index (χ0) is 18.5. The molecule has 0 saturated heterocycles. The molecule has 0 atom stereocenters. The van der Waals surface area contributed by atoms with Crippen molar-refractivity contribution < 1.29 is 14.7 Å². The maximum absolute atomic E-state index is 10.9. The zero-order valence-electron chi connectivity index (χ0n) is 14.8. The number of halogens is 1. The number of rotatable bonds is 2. The highest BCUT2D eigenvalue weighted by atomic mass is 35.5. The summed E-state index contributed by atoms with van der Waals surface area (Å²) in [7, 11) is 0. The minimum Gasteiger partial charge on any atom is -0.478 e. The van der Waals surface area contributed by atoms with Crippen LogP contribution in [0.4, 0.5) is 0 Å². The Morgan fingerprint density at radius 3 is 1.58 bits per heavy atom. The van der Waals surface area contributed by atoms with E-state index in [9.17, 15) is 9.59 Å². The van der Waals surface area contributed by atoms with Gasteiger partial charge in [-0.25, -0.2) is 4.79 Å². The Bertz CT molecular complexity index is 757. The van der Waals surface area contributed by atoms with E-state index in [1.807, 2.05) is 30.3 Å². The fourth-order valence-corrected chi connectivity index (χ4v) is 3.84. The number of carboxylic acid groups (broad SMARTS) is 1. The average Bonchev–Trinajstić information content (AvgIpc) is 2.67. The number of aryl methyl sites for hydroxylation is 4. The Labute approximate surface area is 159 Å². The molecule has 0 amide bonds. The first-order chi connectivity index (χ1) is 12.5. The maximum Gasteiger partial charge on any atom is 0.335 e. The number of fused-ring (bicyclic) bond motifs is 2. The fraction of sp³-hybridized carbons (Fsp3) is 0.364. The summed E-state index contributed by atoms with van der Waals surface area (Å²) in [5.74, 6) is -0.826. The molecule has 0 radical (unpaired) electrons. The standard InChI is InChI=1S/C11H11ClO.C11H12O2/c2*12-11(13)10-6-5-8-3-1-2-4-9(8)7-10/h5-7H,1-4H2;5-7H,1-4H2,(H,12,13). The van der Waals surface area contributed by atoms with E-state index in [1.165, 1.54) is 47.9 Å². The second-order valence-electron chi connectivity index (χ2n) is 6.96. The Morgan fingerprint density at radius 2 is 1.12 bits per heavy atom. The van der Waals surface area contributed by atoms with Crippen LogP contribution < -0.4 is 0 Å². The van der Waals surface area contributed by atoms with Crippen molar-refractivity contribution in [2.24, 2.45) is 0 Å². The van der Waals surface area contributed by atoms with Crippen LogP contribution >= 0.6 is 11.6 Å². The Hall–Kier alpha value is -2.13. The second kappa shape index (κ2) is 8.50. The molecule has 136 valence electrons. The fourth-order valence-electron chi connectivity index (χ4n) is 3.72. The molecule has 2 aliphatic carbocycles. The normalized spacial score (nSPS) is 15.1. The molecule has 1 N–H and O–H groups in total. The first-order valence-corrected chi connectivity index (χ1v) is 9.59. The third kappa shape index (κ3) is 4.53. The molecule has 0 fully saturated rings. The van der Waals surface area contributed by atoms with Gasteiger partial charge in [0.05, 0.1) is 5.56 Å². The summed E-state index contributed by atoms with van der Waals surface area (Å²) >= 11 is 5.41. The topological polar surface area (TPSA) is 54.4 Å². The van der Waals surface area contributed by atoms with Gasteiger partial charge in [-0.2, -0.15) is 0 Å². The van der Waals surface area contributed by atoms with Gasteiger partial charge in [0, 0.05) is 5.56 Å². The number of benzene rings is 2. The zero-order valence-corrected chi connectivity index (χ0v) is 15.5. The molecule has 2 aliphatic rings. The van der Waals surface area contributed by atoms with E-state index < -0.39 is 5.97 Å². The Kier molecular flexibility index (Phi) is 6.10. The Morgan fingerprint density at radius 1 is 0.692 bits per heavy atom. The molecule has 0 saturated carbocycles. The van der Waals surface area contributed by atoms with Gasteiger partial charge in [-0.1, -0.05) is 12.1 Å². The summed E-state index contributed by atoms with van der Waals surface area (Å²) in [6.07, 6.45) is 9.30. The summed E-state index contributed by atoms with van der Waals surface area (Å²) in [6, 6.07) is 11.3. The van der Waals surface area contributed by atoms with Gasteiger partial charge in [-0.15, -0.1) is 0 Å². The highest BCUT2D eigenvalue weighted by Gasteiger charge is 2.12. The molecule has 0 heterocycles. The minimum absolute atomic E-state index is 0.353. The van der Waals surface area contributed by atoms with E-state index >= 15 is 0 Å². The first-order valence-electron chi connectivity index (χ1n) is 9.21. The molecule has 0 unspecified atom stereocenters. The molecule has 2 aromatic carbocycles. The van der Waals surface area contributed by atoms with Crippen molar-refractivity contribution in [3.8, 4) is 0 Å². The summed E-state index contributed by atoms with van der Waals surface area (Å²) in [5.41, 5.74) is 6.29. The van der Waals surface area contributed by atoms with Gasteiger partial charge in [-0.3, -0.25) is 4.79 Å². The van der Waals surface area contributed by atoms with Crippen molar-refractivity contribution in [2.75, 3.05) is 0 Å². The first kappa shape index (κ1) is 18.7. The third-order valence-electron chi connectivity index (χ3n) is 5.17. The van der Waals surface area contributed by atoms with Crippen molar-refractivity contribution in [3.05, 3.63) is 69.8 Å². The number of carbonyl (C=O) groups is 2. The molecule has 4 heteroatoms. The van der Waals surface area contributed by atoms with E-state index in [1.54, 1.807) is 6.07 Å². The van der Waals surface area contributed by atoms with Crippen LogP contribution in [-0.4, -0.2) is 16.3 Å².